The number of hydrogen-bond donors (Lipinski definition) is 1. The van der Waals surface area contributed by atoms with E-state index in [1.54, 1.807) is 0 Å². The van der Waals surface area contributed by atoms with Crippen LogP contribution in [-0.2, 0) is 4.79 Å². The fraction of sp³-hybridized carbons (Fsp3) is 0.933. The predicted octanol–water partition coefficient (Wildman–Crippen LogP) is 3.70. The summed E-state index contributed by atoms with van der Waals surface area (Å²) >= 11 is 0. The third-order valence-electron chi connectivity index (χ3n) is 3.78. The van der Waals surface area contributed by atoms with E-state index in [9.17, 15) is 4.79 Å². The van der Waals surface area contributed by atoms with Crippen molar-refractivity contribution in [2.24, 2.45) is 5.92 Å². The van der Waals surface area contributed by atoms with Gasteiger partial charge in [0.25, 0.3) is 0 Å². The van der Waals surface area contributed by atoms with E-state index < -0.39 is 0 Å². The molecule has 100 valence electrons. The van der Waals surface area contributed by atoms with Gasteiger partial charge in [0.1, 0.15) is 5.78 Å². The Morgan fingerprint density at radius 3 is 2.41 bits per heavy atom. The van der Waals surface area contributed by atoms with E-state index in [2.05, 4.69) is 12.2 Å². The van der Waals surface area contributed by atoms with Crippen molar-refractivity contribution in [1.82, 2.24) is 5.32 Å². The SMILES string of the molecule is CCCCCCCCC(=O)CC1CCNCC1. The standard InChI is InChI=1S/C15H29NO/c1-2-3-4-5-6-7-8-15(17)13-14-9-11-16-12-10-14/h14,16H,2-13H2,1H3. The van der Waals surface area contributed by atoms with Crippen LogP contribution in [0.4, 0.5) is 0 Å². The van der Waals surface area contributed by atoms with Gasteiger partial charge in [-0.15, -0.1) is 0 Å². The lowest BCUT2D eigenvalue weighted by Crippen LogP contribution is -2.28. The number of piperidine rings is 1. The maximum absolute atomic E-state index is 11.8. The second-order valence-corrected chi connectivity index (χ2v) is 5.45. The Bertz CT molecular complexity index is 197. The highest BCUT2D eigenvalue weighted by molar-refractivity contribution is 5.78. The van der Waals surface area contributed by atoms with Crippen LogP contribution in [-0.4, -0.2) is 18.9 Å². The Morgan fingerprint density at radius 1 is 1.06 bits per heavy atom. The molecule has 17 heavy (non-hydrogen) atoms. The summed E-state index contributed by atoms with van der Waals surface area (Å²) in [6.45, 7) is 4.45. The number of hydrogen-bond acceptors (Lipinski definition) is 2. The molecule has 0 aliphatic carbocycles. The molecule has 0 aromatic rings. The van der Waals surface area contributed by atoms with E-state index in [4.69, 9.17) is 0 Å². The van der Waals surface area contributed by atoms with Crippen molar-refractivity contribution in [3.63, 3.8) is 0 Å². The first-order chi connectivity index (χ1) is 8.33. The molecule has 1 rings (SSSR count). The molecule has 1 aliphatic rings. The van der Waals surface area contributed by atoms with E-state index in [0.29, 0.717) is 11.7 Å². The fourth-order valence-electron chi connectivity index (χ4n) is 2.61. The number of nitrogens with one attached hydrogen (secondary N) is 1. The fourth-order valence-corrected chi connectivity index (χ4v) is 2.61. The second kappa shape index (κ2) is 9.64. The molecule has 0 aromatic heterocycles. The van der Waals surface area contributed by atoms with Gasteiger partial charge in [-0.05, 0) is 38.3 Å². The molecule has 0 spiro atoms. The Morgan fingerprint density at radius 2 is 1.71 bits per heavy atom. The topological polar surface area (TPSA) is 29.1 Å². The monoisotopic (exact) mass is 239 g/mol. The summed E-state index contributed by atoms with van der Waals surface area (Å²) in [6, 6.07) is 0. The van der Waals surface area contributed by atoms with Crippen molar-refractivity contribution in [2.75, 3.05) is 13.1 Å². The van der Waals surface area contributed by atoms with E-state index in [1.165, 1.54) is 44.9 Å². The summed E-state index contributed by atoms with van der Waals surface area (Å²) in [6.07, 6.45) is 11.7. The number of Topliss-reactive ketones (excluding diaryl/α,β-unsaturated/α-hetero) is 1. The van der Waals surface area contributed by atoms with Gasteiger partial charge < -0.3 is 5.32 Å². The summed E-state index contributed by atoms with van der Waals surface area (Å²) in [7, 11) is 0. The summed E-state index contributed by atoms with van der Waals surface area (Å²) in [5, 5.41) is 3.35. The number of ketones is 1. The molecule has 1 saturated heterocycles. The Labute approximate surface area is 107 Å². The zero-order valence-electron chi connectivity index (χ0n) is 11.5. The van der Waals surface area contributed by atoms with Gasteiger partial charge in [0, 0.05) is 12.8 Å². The minimum atomic E-state index is 0.507. The molecule has 2 heteroatoms. The largest absolute Gasteiger partial charge is 0.317 e. The van der Waals surface area contributed by atoms with Gasteiger partial charge >= 0.3 is 0 Å². The maximum atomic E-state index is 11.8. The first kappa shape index (κ1) is 14.7. The average Bonchev–Trinajstić information content (AvgIpc) is 2.35. The van der Waals surface area contributed by atoms with E-state index in [-0.39, 0.29) is 0 Å². The second-order valence-electron chi connectivity index (χ2n) is 5.45. The third-order valence-corrected chi connectivity index (χ3v) is 3.78. The quantitative estimate of drug-likeness (QED) is 0.622. The van der Waals surface area contributed by atoms with E-state index in [1.807, 2.05) is 0 Å². The Balaban J connectivity index is 1.93. The molecular formula is C15H29NO. The molecule has 0 atom stereocenters. The highest BCUT2D eigenvalue weighted by Gasteiger charge is 2.16. The van der Waals surface area contributed by atoms with Crippen LogP contribution >= 0.6 is 0 Å². The number of rotatable bonds is 9. The molecule has 1 N–H and O–H groups in total. The van der Waals surface area contributed by atoms with Gasteiger partial charge in [-0.1, -0.05) is 39.0 Å². The van der Waals surface area contributed by atoms with Crippen molar-refractivity contribution in [3.05, 3.63) is 0 Å². The van der Waals surface area contributed by atoms with Crippen molar-refractivity contribution < 1.29 is 4.79 Å². The smallest absolute Gasteiger partial charge is 0.133 e. The third kappa shape index (κ3) is 7.54. The van der Waals surface area contributed by atoms with Gasteiger partial charge in [-0.25, -0.2) is 0 Å². The summed E-state index contributed by atoms with van der Waals surface area (Å²) < 4.78 is 0. The summed E-state index contributed by atoms with van der Waals surface area (Å²) in [5.41, 5.74) is 0. The summed E-state index contributed by atoms with van der Waals surface area (Å²) in [4.78, 5) is 11.8. The normalized spacial score (nSPS) is 17.2. The van der Waals surface area contributed by atoms with E-state index in [0.717, 1.165) is 32.4 Å². The molecule has 0 saturated carbocycles. The van der Waals surface area contributed by atoms with Crippen LogP contribution in [0.3, 0.4) is 0 Å². The number of carbonyl (C=O) groups excluding carboxylic acids is 1. The van der Waals surface area contributed by atoms with Crippen LogP contribution in [0.1, 0.15) is 71.1 Å². The van der Waals surface area contributed by atoms with Crippen LogP contribution in [0, 0.1) is 5.92 Å². The van der Waals surface area contributed by atoms with Gasteiger partial charge in [-0.3, -0.25) is 4.79 Å². The highest BCUT2D eigenvalue weighted by atomic mass is 16.1. The Hall–Kier alpha value is -0.370. The Kier molecular flexibility index (Phi) is 8.33. The first-order valence-corrected chi connectivity index (χ1v) is 7.55. The lowest BCUT2D eigenvalue weighted by atomic mass is 9.91. The molecule has 0 radical (unpaired) electrons. The van der Waals surface area contributed by atoms with Crippen molar-refractivity contribution in [1.29, 1.82) is 0 Å². The van der Waals surface area contributed by atoms with Crippen LogP contribution in [0.25, 0.3) is 0 Å². The predicted molar refractivity (Wildman–Crippen MR) is 73.2 cm³/mol. The van der Waals surface area contributed by atoms with Crippen LogP contribution < -0.4 is 5.32 Å². The average molecular weight is 239 g/mol. The van der Waals surface area contributed by atoms with E-state index >= 15 is 0 Å². The zero-order valence-corrected chi connectivity index (χ0v) is 11.5. The van der Waals surface area contributed by atoms with Gasteiger partial charge in [0.05, 0.1) is 0 Å². The van der Waals surface area contributed by atoms with Crippen molar-refractivity contribution >= 4 is 5.78 Å². The molecule has 0 amide bonds. The van der Waals surface area contributed by atoms with Crippen LogP contribution in [0.15, 0.2) is 0 Å². The summed E-state index contributed by atoms with van der Waals surface area (Å²) in [5.74, 6) is 1.18. The van der Waals surface area contributed by atoms with Gasteiger partial charge in [0.2, 0.25) is 0 Å². The number of unbranched alkanes of at least 4 members (excludes halogenated alkanes) is 5. The lowest BCUT2D eigenvalue weighted by Gasteiger charge is -2.21. The molecule has 0 aromatic carbocycles. The molecule has 1 heterocycles. The number of carbonyl (C=O) groups is 1. The van der Waals surface area contributed by atoms with Gasteiger partial charge in [0.15, 0.2) is 0 Å². The maximum Gasteiger partial charge on any atom is 0.133 e. The van der Waals surface area contributed by atoms with Crippen LogP contribution in [0.5, 0.6) is 0 Å². The highest BCUT2D eigenvalue weighted by Crippen LogP contribution is 2.18. The molecule has 2 nitrogen and oxygen atoms in total. The molecule has 1 aliphatic heterocycles. The first-order valence-electron chi connectivity index (χ1n) is 7.55. The van der Waals surface area contributed by atoms with Crippen molar-refractivity contribution in [3.8, 4) is 0 Å². The lowest BCUT2D eigenvalue weighted by molar-refractivity contribution is -0.120. The molecule has 0 unspecified atom stereocenters. The van der Waals surface area contributed by atoms with Gasteiger partial charge in [-0.2, -0.15) is 0 Å². The molecule has 0 bridgehead atoms. The minimum Gasteiger partial charge on any atom is -0.317 e. The zero-order chi connectivity index (χ0) is 12.3. The van der Waals surface area contributed by atoms with Crippen LogP contribution in [0.2, 0.25) is 0 Å². The molecular weight excluding hydrogens is 210 g/mol. The minimum absolute atomic E-state index is 0.507. The van der Waals surface area contributed by atoms with Crippen molar-refractivity contribution in [2.45, 2.75) is 71.1 Å². The molecule has 1 fully saturated rings.